The van der Waals surface area contributed by atoms with Gasteiger partial charge >= 0.3 is 0 Å². The summed E-state index contributed by atoms with van der Waals surface area (Å²) in [5.74, 6) is 1.84. The molecule has 2 aromatic carbocycles. The average molecular weight is 425 g/mol. The topological polar surface area (TPSA) is 6.48 Å². The van der Waals surface area contributed by atoms with Crippen LogP contribution in [0.1, 0.15) is 101 Å². The third-order valence-electron chi connectivity index (χ3n) is 5.75. The summed E-state index contributed by atoms with van der Waals surface area (Å²) in [4.78, 5) is 4.40. The Kier molecular flexibility index (Phi) is 8.05. The molecule has 0 atom stereocenters. The van der Waals surface area contributed by atoms with Gasteiger partial charge < -0.3 is 9.80 Å². The number of hydrogen-bond acceptors (Lipinski definition) is 2. The summed E-state index contributed by atoms with van der Waals surface area (Å²) in [6, 6.07) is 13.4. The molecule has 0 aliphatic carbocycles. The maximum atomic E-state index is 3.66. The Bertz CT molecular complexity index is 756. The molecule has 2 radical (unpaired) electrons. The monoisotopic (exact) mass is 424 g/mol. The Morgan fingerprint density at radius 3 is 1.03 bits per heavy atom. The molecule has 0 spiro atoms. The van der Waals surface area contributed by atoms with E-state index in [1.165, 1.54) is 33.6 Å². The predicted octanol–water partition coefficient (Wildman–Crippen LogP) is 8.40. The smallest absolute Gasteiger partial charge is 0.217 e. The van der Waals surface area contributed by atoms with Gasteiger partial charge in [0.1, 0.15) is 0 Å². The highest BCUT2D eigenvalue weighted by Crippen LogP contribution is 2.42. The molecule has 2 nitrogen and oxygen atoms in total. The van der Waals surface area contributed by atoms with Crippen LogP contribution in [0.15, 0.2) is 48.8 Å². The Morgan fingerprint density at radius 1 is 0.533 bits per heavy atom. The van der Waals surface area contributed by atoms with Crippen LogP contribution in [0.4, 0.5) is 11.4 Å². The lowest BCUT2D eigenvalue weighted by Gasteiger charge is -2.29. The number of rotatable bonds is 6. The van der Waals surface area contributed by atoms with Crippen molar-refractivity contribution in [3.8, 4) is 0 Å². The second-order valence-corrected chi connectivity index (χ2v) is 9.33. The Balaban J connectivity index is 0.00000320. The average Bonchev–Trinajstić information content (AvgIpc) is 3.15. The van der Waals surface area contributed by atoms with Gasteiger partial charge in [0.15, 0.2) is 0 Å². The molecular weight excluding hydrogens is 388 g/mol. The molecule has 2 aromatic rings. The number of nitrogens with zero attached hydrogens (tertiary/aromatic N) is 2. The molecule has 3 heteroatoms. The maximum absolute atomic E-state index is 3.66. The Hall–Kier alpha value is -1.93. The van der Waals surface area contributed by atoms with Crippen LogP contribution < -0.4 is 9.80 Å². The van der Waals surface area contributed by atoms with E-state index in [-0.39, 0.29) is 12.4 Å². The van der Waals surface area contributed by atoms with E-state index in [2.05, 4.69) is 121 Å². The van der Waals surface area contributed by atoms with E-state index in [0.717, 1.165) is 0 Å². The standard InChI is InChI=1S/C27H36N2.ClH/c1-18(2)22-11-9-12-23(19(3)4)26(22)28-15-16-29(17-28)27-24(20(5)6)13-10-14-25(27)21(7)8;/h9-16,18-21H,1-8H3;1H. The fourth-order valence-corrected chi connectivity index (χ4v) is 4.14. The van der Waals surface area contributed by atoms with Crippen LogP contribution in [0, 0.1) is 6.67 Å². The van der Waals surface area contributed by atoms with Gasteiger partial charge in [-0.3, -0.25) is 0 Å². The van der Waals surface area contributed by atoms with Crippen molar-refractivity contribution < 1.29 is 0 Å². The molecule has 0 saturated carbocycles. The van der Waals surface area contributed by atoms with Gasteiger partial charge in [-0.1, -0.05) is 91.8 Å². The lowest BCUT2D eigenvalue weighted by molar-refractivity contribution is 0.819. The summed E-state index contributed by atoms with van der Waals surface area (Å²) < 4.78 is 0. The molecule has 3 rings (SSSR count). The lowest BCUT2D eigenvalue weighted by atomic mass is 9.91. The van der Waals surface area contributed by atoms with Gasteiger partial charge in [0.05, 0.1) is 11.4 Å². The van der Waals surface area contributed by atoms with Crippen molar-refractivity contribution in [1.82, 2.24) is 0 Å². The number of hydrogen-bond donors (Lipinski definition) is 0. The zero-order valence-corrected chi connectivity index (χ0v) is 20.5. The van der Waals surface area contributed by atoms with Crippen molar-refractivity contribution in [3.05, 3.63) is 77.7 Å². The van der Waals surface area contributed by atoms with Crippen molar-refractivity contribution in [3.63, 3.8) is 0 Å². The lowest BCUT2D eigenvalue weighted by Crippen LogP contribution is -2.23. The second-order valence-electron chi connectivity index (χ2n) is 9.33. The molecule has 0 amide bonds. The van der Waals surface area contributed by atoms with Crippen LogP contribution in [0.5, 0.6) is 0 Å². The molecule has 0 N–H and O–H groups in total. The number of benzene rings is 2. The van der Waals surface area contributed by atoms with Crippen molar-refractivity contribution >= 4 is 23.8 Å². The van der Waals surface area contributed by atoms with E-state index >= 15 is 0 Å². The summed E-state index contributed by atoms with van der Waals surface area (Å²) in [7, 11) is 0. The SMILES string of the molecule is CC(C)c1cccc(C(C)C)c1N1[C]N(c2c(C(C)C)cccc2C(C)C)C=C1.Cl. The van der Waals surface area contributed by atoms with Crippen molar-refractivity contribution in [1.29, 1.82) is 0 Å². The van der Waals surface area contributed by atoms with Gasteiger partial charge in [-0.05, 0) is 45.9 Å². The van der Waals surface area contributed by atoms with E-state index in [0.29, 0.717) is 23.7 Å². The van der Waals surface area contributed by atoms with Crippen molar-refractivity contribution in [2.45, 2.75) is 79.1 Å². The van der Waals surface area contributed by atoms with Crippen molar-refractivity contribution in [2.75, 3.05) is 9.80 Å². The number of halogens is 1. The van der Waals surface area contributed by atoms with E-state index in [1.807, 2.05) is 0 Å². The van der Waals surface area contributed by atoms with Crippen LogP contribution in [0.25, 0.3) is 0 Å². The molecule has 1 aliphatic rings. The van der Waals surface area contributed by atoms with E-state index in [9.17, 15) is 0 Å². The van der Waals surface area contributed by atoms with Crippen LogP contribution >= 0.6 is 12.4 Å². The summed E-state index contributed by atoms with van der Waals surface area (Å²) in [6.45, 7) is 21.8. The first kappa shape index (κ1) is 24.3. The summed E-state index contributed by atoms with van der Waals surface area (Å²) >= 11 is 0. The molecule has 162 valence electrons. The van der Waals surface area contributed by atoms with Crippen LogP contribution in [0.3, 0.4) is 0 Å². The maximum Gasteiger partial charge on any atom is 0.217 e. The summed E-state index contributed by atoms with van der Waals surface area (Å²) in [5.41, 5.74) is 8.05. The minimum atomic E-state index is 0. The number of anilines is 2. The second kappa shape index (κ2) is 9.92. The Morgan fingerprint density at radius 2 is 0.800 bits per heavy atom. The fraction of sp³-hybridized carbons (Fsp3) is 0.444. The van der Waals surface area contributed by atoms with Crippen LogP contribution in [-0.4, -0.2) is 0 Å². The molecular formula is C27H37ClN2. The predicted molar refractivity (Wildman–Crippen MR) is 134 cm³/mol. The zero-order valence-electron chi connectivity index (χ0n) is 19.7. The van der Waals surface area contributed by atoms with Gasteiger partial charge in [0.2, 0.25) is 6.67 Å². The minimum Gasteiger partial charge on any atom is -0.315 e. The molecule has 1 heterocycles. The normalized spacial score (nSPS) is 13.9. The summed E-state index contributed by atoms with van der Waals surface area (Å²) in [5, 5.41) is 0. The number of para-hydroxylation sites is 2. The molecule has 30 heavy (non-hydrogen) atoms. The van der Waals surface area contributed by atoms with Crippen LogP contribution in [-0.2, 0) is 0 Å². The van der Waals surface area contributed by atoms with E-state index in [4.69, 9.17) is 0 Å². The molecule has 1 aliphatic heterocycles. The van der Waals surface area contributed by atoms with E-state index in [1.54, 1.807) is 0 Å². The van der Waals surface area contributed by atoms with Gasteiger partial charge in [-0.15, -0.1) is 12.4 Å². The quantitative estimate of drug-likeness (QED) is 0.459. The third kappa shape index (κ3) is 4.70. The molecule has 0 saturated heterocycles. The Labute approximate surface area is 190 Å². The highest BCUT2D eigenvalue weighted by atomic mass is 35.5. The van der Waals surface area contributed by atoms with Gasteiger partial charge in [-0.25, -0.2) is 0 Å². The molecule has 0 unspecified atom stereocenters. The minimum absolute atomic E-state index is 0. The zero-order chi connectivity index (χ0) is 21.3. The van der Waals surface area contributed by atoms with Crippen LogP contribution in [0.2, 0.25) is 0 Å². The van der Waals surface area contributed by atoms with E-state index < -0.39 is 0 Å². The first-order chi connectivity index (χ1) is 13.7. The van der Waals surface area contributed by atoms with Gasteiger partial charge in [0.25, 0.3) is 0 Å². The largest absolute Gasteiger partial charge is 0.315 e. The molecule has 0 fully saturated rings. The summed E-state index contributed by atoms with van der Waals surface area (Å²) in [6.07, 6.45) is 4.32. The van der Waals surface area contributed by atoms with Gasteiger partial charge in [0, 0.05) is 12.4 Å². The highest BCUT2D eigenvalue weighted by Gasteiger charge is 2.27. The first-order valence-corrected chi connectivity index (χ1v) is 11.0. The fourth-order valence-electron chi connectivity index (χ4n) is 4.14. The first-order valence-electron chi connectivity index (χ1n) is 11.0. The molecule has 0 bridgehead atoms. The van der Waals surface area contributed by atoms with Gasteiger partial charge in [-0.2, -0.15) is 0 Å². The highest BCUT2D eigenvalue weighted by molar-refractivity contribution is 5.85. The van der Waals surface area contributed by atoms with Crippen molar-refractivity contribution in [2.24, 2.45) is 0 Å². The third-order valence-corrected chi connectivity index (χ3v) is 5.75. The molecule has 0 aromatic heterocycles.